The Balaban J connectivity index is 2.17. The molecule has 0 bridgehead atoms. The van der Waals surface area contributed by atoms with Crippen molar-refractivity contribution in [3.8, 4) is 5.75 Å². The Morgan fingerprint density at radius 3 is 3.00 bits per heavy atom. The number of methoxy groups -OCH3 is 1. The van der Waals surface area contributed by atoms with Crippen molar-refractivity contribution in [2.24, 2.45) is 5.92 Å². The number of hydrogen-bond acceptors (Lipinski definition) is 3. The van der Waals surface area contributed by atoms with Crippen molar-refractivity contribution >= 4 is 11.6 Å². The molecule has 0 spiro atoms. The molecule has 100 valence electrons. The predicted molar refractivity (Wildman–Crippen MR) is 73.3 cm³/mol. The van der Waals surface area contributed by atoms with Gasteiger partial charge < -0.3 is 14.8 Å². The number of benzene rings is 1. The van der Waals surface area contributed by atoms with E-state index in [1.165, 1.54) is 0 Å². The van der Waals surface area contributed by atoms with E-state index in [2.05, 4.69) is 5.32 Å². The van der Waals surface area contributed by atoms with Gasteiger partial charge >= 0.3 is 0 Å². The molecule has 1 N–H and O–H groups in total. The van der Waals surface area contributed by atoms with Gasteiger partial charge in [-0.1, -0.05) is 11.6 Å². The minimum atomic E-state index is 0.255. The maximum Gasteiger partial charge on any atom is 0.123 e. The molecule has 0 amide bonds. The smallest absolute Gasteiger partial charge is 0.123 e. The molecule has 0 aromatic heterocycles. The molecule has 1 heterocycles. The van der Waals surface area contributed by atoms with E-state index in [1.807, 2.05) is 25.2 Å². The van der Waals surface area contributed by atoms with Gasteiger partial charge in [0.15, 0.2) is 0 Å². The highest BCUT2D eigenvalue weighted by Crippen LogP contribution is 2.33. The molecular formula is C14H20ClNO2. The van der Waals surface area contributed by atoms with E-state index in [0.717, 1.165) is 42.4 Å². The van der Waals surface area contributed by atoms with E-state index in [9.17, 15) is 0 Å². The second kappa shape index (κ2) is 6.41. The van der Waals surface area contributed by atoms with Gasteiger partial charge in [-0.15, -0.1) is 0 Å². The molecule has 1 saturated heterocycles. The highest BCUT2D eigenvalue weighted by Gasteiger charge is 2.23. The Hall–Kier alpha value is -0.770. The molecule has 2 atom stereocenters. The van der Waals surface area contributed by atoms with E-state index < -0.39 is 0 Å². The fraction of sp³-hybridized carbons (Fsp3) is 0.571. The highest BCUT2D eigenvalue weighted by molar-refractivity contribution is 6.30. The van der Waals surface area contributed by atoms with Crippen molar-refractivity contribution in [3.05, 3.63) is 28.8 Å². The lowest BCUT2D eigenvalue weighted by Crippen LogP contribution is -2.20. The number of nitrogens with one attached hydrogen (secondary N) is 1. The Morgan fingerprint density at radius 1 is 1.56 bits per heavy atom. The average Bonchev–Trinajstić information content (AvgIpc) is 2.88. The minimum Gasteiger partial charge on any atom is -0.496 e. The van der Waals surface area contributed by atoms with Gasteiger partial charge in [0.1, 0.15) is 5.75 Å². The molecule has 4 heteroatoms. The summed E-state index contributed by atoms with van der Waals surface area (Å²) >= 11 is 6.08. The van der Waals surface area contributed by atoms with Crippen LogP contribution in [0, 0.1) is 5.92 Å². The summed E-state index contributed by atoms with van der Waals surface area (Å²) in [4.78, 5) is 0. The van der Waals surface area contributed by atoms with Crippen molar-refractivity contribution in [2.45, 2.75) is 18.9 Å². The van der Waals surface area contributed by atoms with Gasteiger partial charge in [0.2, 0.25) is 0 Å². The molecule has 2 rings (SSSR count). The SMILES string of the molecule is CNC(CC1CCOC1)c1cc(Cl)ccc1OC. The maximum atomic E-state index is 6.08. The molecule has 1 aromatic carbocycles. The minimum absolute atomic E-state index is 0.255. The second-order valence-corrected chi connectivity index (χ2v) is 5.13. The van der Waals surface area contributed by atoms with Crippen molar-refractivity contribution in [1.29, 1.82) is 0 Å². The van der Waals surface area contributed by atoms with Crippen LogP contribution < -0.4 is 10.1 Å². The Bertz CT molecular complexity index is 391. The maximum absolute atomic E-state index is 6.08. The van der Waals surface area contributed by atoms with Crippen LogP contribution in [0.25, 0.3) is 0 Å². The molecule has 1 fully saturated rings. The van der Waals surface area contributed by atoms with E-state index in [-0.39, 0.29) is 6.04 Å². The van der Waals surface area contributed by atoms with Crippen LogP contribution in [0.5, 0.6) is 5.75 Å². The Labute approximate surface area is 113 Å². The summed E-state index contributed by atoms with van der Waals surface area (Å²) in [5.74, 6) is 1.50. The van der Waals surface area contributed by atoms with Crippen LogP contribution in [-0.4, -0.2) is 27.4 Å². The summed E-state index contributed by atoms with van der Waals surface area (Å²) in [6.45, 7) is 1.74. The molecule has 18 heavy (non-hydrogen) atoms. The lowest BCUT2D eigenvalue weighted by atomic mass is 9.93. The molecule has 2 unspecified atom stereocenters. The topological polar surface area (TPSA) is 30.5 Å². The van der Waals surface area contributed by atoms with Gasteiger partial charge in [0.05, 0.1) is 7.11 Å². The largest absolute Gasteiger partial charge is 0.496 e. The standard InChI is InChI=1S/C14H20ClNO2/c1-16-13(7-10-5-6-18-9-10)12-8-11(15)3-4-14(12)17-2/h3-4,8,10,13,16H,5-7,9H2,1-2H3. The van der Waals surface area contributed by atoms with Crippen LogP contribution >= 0.6 is 11.6 Å². The van der Waals surface area contributed by atoms with Crippen LogP contribution in [-0.2, 0) is 4.74 Å². The van der Waals surface area contributed by atoms with Crippen LogP contribution in [0.4, 0.5) is 0 Å². The van der Waals surface area contributed by atoms with Gasteiger partial charge in [-0.05, 0) is 44.0 Å². The van der Waals surface area contributed by atoms with Crippen LogP contribution in [0.2, 0.25) is 5.02 Å². The fourth-order valence-corrected chi connectivity index (χ4v) is 2.66. The third kappa shape index (κ3) is 3.16. The summed E-state index contributed by atoms with van der Waals surface area (Å²) in [6.07, 6.45) is 2.19. The van der Waals surface area contributed by atoms with Crippen molar-refractivity contribution in [3.63, 3.8) is 0 Å². The lowest BCUT2D eigenvalue weighted by Gasteiger charge is -2.22. The lowest BCUT2D eigenvalue weighted by molar-refractivity contribution is 0.181. The summed E-state index contributed by atoms with van der Waals surface area (Å²) in [7, 11) is 3.67. The van der Waals surface area contributed by atoms with E-state index in [4.69, 9.17) is 21.1 Å². The zero-order valence-corrected chi connectivity index (χ0v) is 11.7. The highest BCUT2D eigenvalue weighted by atomic mass is 35.5. The van der Waals surface area contributed by atoms with Gasteiger partial charge in [0, 0.05) is 29.8 Å². The third-order valence-electron chi connectivity index (χ3n) is 3.51. The molecule has 0 radical (unpaired) electrons. The predicted octanol–water partition coefficient (Wildman–Crippen LogP) is 3.04. The Kier molecular flexibility index (Phi) is 4.87. The van der Waals surface area contributed by atoms with Crippen LogP contribution in [0.15, 0.2) is 18.2 Å². The fourth-order valence-electron chi connectivity index (χ4n) is 2.48. The first-order chi connectivity index (χ1) is 8.74. The zero-order valence-electron chi connectivity index (χ0n) is 10.9. The van der Waals surface area contributed by atoms with Crippen molar-refractivity contribution < 1.29 is 9.47 Å². The number of ether oxygens (including phenoxy) is 2. The number of hydrogen-bond donors (Lipinski definition) is 1. The van der Waals surface area contributed by atoms with Gasteiger partial charge in [-0.25, -0.2) is 0 Å². The Morgan fingerprint density at radius 2 is 2.39 bits per heavy atom. The molecule has 0 saturated carbocycles. The summed E-state index contributed by atoms with van der Waals surface area (Å²) in [5, 5.41) is 4.10. The third-order valence-corrected chi connectivity index (χ3v) is 3.74. The van der Waals surface area contributed by atoms with Gasteiger partial charge in [-0.3, -0.25) is 0 Å². The first-order valence-electron chi connectivity index (χ1n) is 6.33. The quantitative estimate of drug-likeness (QED) is 0.891. The van der Waals surface area contributed by atoms with Gasteiger partial charge in [0.25, 0.3) is 0 Å². The van der Waals surface area contributed by atoms with Crippen molar-refractivity contribution in [1.82, 2.24) is 5.32 Å². The van der Waals surface area contributed by atoms with Crippen LogP contribution in [0.1, 0.15) is 24.4 Å². The first-order valence-corrected chi connectivity index (χ1v) is 6.71. The molecular weight excluding hydrogens is 250 g/mol. The number of rotatable bonds is 5. The van der Waals surface area contributed by atoms with E-state index >= 15 is 0 Å². The van der Waals surface area contributed by atoms with Crippen molar-refractivity contribution in [2.75, 3.05) is 27.4 Å². The van der Waals surface area contributed by atoms with E-state index in [1.54, 1.807) is 7.11 Å². The molecule has 1 aromatic rings. The van der Waals surface area contributed by atoms with E-state index in [0.29, 0.717) is 5.92 Å². The molecule has 1 aliphatic rings. The van der Waals surface area contributed by atoms with Crippen LogP contribution in [0.3, 0.4) is 0 Å². The molecule has 1 aliphatic heterocycles. The average molecular weight is 270 g/mol. The summed E-state index contributed by atoms with van der Waals surface area (Å²) < 4.78 is 10.9. The summed E-state index contributed by atoms with van der Waals surface area (Å²) in [5.41, 5.74) is 1.12. The second-order valence-electron chi connectivity index (χ2n) is 4.69. The zero-order chi connectivity index (χ0) is 13.0. The monoisotopic (exact) mass is 269 g/mol. The molecule has 0 aliphatic carbocycles. The normalized spacial score (nSPS) is 20.9. The summed E-state index contributed by atoms with van der Waals surface area (Å²) in [6, 6.07) is 6.02. The number of halogens is 1. The first kappa shape index (κ1) is 13.7. The molecule has 3 nitrogen and oxygen atoms in total. The van der Waals surface area contributed by atoms with Gasteiger partial charge in [-0.2, -0.15) is 0 Å².